The van der Waals surface area contributed by atoms with Crippen molar-refractivity contribution < 1.29 is 14.1 Å². The summed E-state index contributed by atoms with van der Waals surface area (Å²) in [6.45, 7) is 5.16. The monoisotopic (exact) mass is 335 g/mol. The van der Waals surface area contributed by atoms with Crippen molar-refractivity contribution in [2.45, 2.75) is 32.8 Å². The fourth-order valence-corrected chi connectivity index (χ4v) is 3.65. The topological polar surface area (TPSA) is 68.5 Å². The summed E-state index contributed by atoms with van der Waals surface area (Å²) in [5.41, 5.74) is 1.72. The number of methoxy groups -OCH3 is 1. The lowest BCUT2D eigenvalue weighted by Gasteiger charge is -2.15. The number of rotatable bonds is 5. The number of ether oxygens (including phenoxy) is 1. The van der Waals surface area contributed by atoms with Crippen LogP contribution in [0.2, 0.25) is 0 Å². The Morgan fingerprint density at radius 1 is 1.48 bits per heavy atom. The molecule has 2 atom stereocenters. The van der Waals surface area contributed by atoms with Crippen LogP contribution in [0.5, 0.6) is 0 Å². The molecule has 1 saturated heterocycles. The van der Waals surface area contributed by atoms with Gasteiger partial charge in [0.05, 0.1) is 28.9 Å². The average Bonchev–Trinajstić information content (AvgIpc) is 3.21. The van der Waals surface area contributed by atoms with Crippen molar-refractivity contribution in [3.63, 3.8) is 0 Å². The van der Waals surface area contributed by atoms with Crippen LogP contribution in [0.25, 0.3) is 0 Å². The molecular weight excluding hydrogens is 314 g/mol. The highest BCUT2D eigenvalue weighted by molar-refractivity contribution is 7.09. The zero-order chi connectivity index (χ0) is 16.4. The molecule has 7 heteroatoms. The Kier molecular flexibility index (Phi) is 4.77. The zero-order valence-corrected chi connectivity index (χ0v) is 14.4. The molecule has 2 aromatic rings. The van der Waals surface area contributed by atoms with Crippen LogP contribution in [0.4, 0.5) is 0 Å². The summed E-state index contributed by atoms with van der Waals surface area (Å²) >= 11 is 1.57. The highest BCUT2D eigenvalue weighted by Gasteiger charge is 2.36. The maximum absolute atomic E-state index is 12.5. The first kappa shape index (κ1) is 16.1. The van der Waals surface area contributed by atoms with E-state index in [0.717, 1.165) is 28.6 Å². The summed E-state index contributed by atoms with van der Waals surface area (Å²) in [7, 11) is 1.70. The average molecular weight is 335 g/mol. The molecule has 2 aromatic heterocycles. The highest BCUT2D eigenvalue weighted by atomic mass is 32.1. The van der Waals surface area contributed by atoms with Crippen molar-refractivity contribution in [2.24, 2.45) is 5.92 Å². The van der Waals surface area contributed by atoms with E-state index >= 15 is 0 Å². The van der Waals surface area contributed by atoms with Gasteiger partial charge in [0.15, 0.2) is 0 Å². The number of aromatic nitrogens is 2. The molecule has 3 rings (SSSR count). The number of carbonyl (C=O) groups is 1. The molecule has 1 fully saturated rings. The van der Waals surface area contributed by atoms with Crippen molar-refractivity contribution in [2.75, 3.05) is 20.2 Å². The van der Waals surface area contributed by atoms with Gasteiger partial charge in [-0.15, -0.1) is 11.3 Å². The summed E-state index contributed by atoms with van der Waals surface area (Å²) in [6, 6.07) is 1.94. The van der Waals surface area contributed by atoms with Crippen molar-refractivity contribution in [1.82, 2.24) is 15.0 Å². The number of thiazole rings is 1. The smallest absolute Gasteiger partial charge is 0.228 e. The Labute approximate surface area is 139 Å². The predicted octanol–water partition coefficient (Wildman–Crippen LogP) is 2.01. The lowest BCUT2D eigenvalue weighted by atomic mass is 10.0. The molecule has 0 radical (unpaired) electrons. The number of likely N-dealkylation sites (tertiary alicyclic amines) is 1. The number of nitrogens with zero attached hydrogens (tertiary/aromatic N) is 3. The predicted molar refractivity (Wildman–Crippen MR) is 86.4 cm³/mol. The molecule has 1 aliphatic rings. The molecule has 0 saturated carbocycles. The van der Waals surface area contributed by atoms with Gasteiger partial charge in [0.1, 0.15) is 5.76 Å². The first-order chi connectivity index (χ1) is 11.0. The van der Waals surface area contributed by atoms with Crippen molar-refractivity contribution in [3.8, 4) is 0 Å². The zero-order valence-electron chi connectivity index (χ0n) is 13.6. The SMILES string of the molecule is CO[C@H]1CN(C(=O)Cc2csc(C)n2)C[C@H]1Cc1cc(C)no1. The van der Waals surface area contributed by atoms with Crippen molar-refractivity contribution in [3.05, 3.63) is 33.6 Å². The standard InChI is InChI=1S/C16H21N3O3S/c1-10-4-14(22-18-10)5-12-7-19(8-15(12)21-3)16(20)6-13-9-23-11(2)17-13/h4,9,12,15H,5-8H2,1-3H3/t12-,15+/m1/s1. The van der Waals surface area contributed by atoms with Gasteiger partial charge >= 0.3 is 0 Å². The van der Waals surface area contributed by atoms with Gasteiger partial charge in [0.25, 0.3) is 0 Å². The Morgan fingerprint density at radius 2 is 2.30 bits per heavy atom. The van der Waals surface area contributed by atoms with Gasteiger partial charge < -0.3 is 14.2 Å². The quantitative estimate of drug-likeness (QED) is 0.836. The summed E-state index contributed by atoms with van der Waals surface area (Å²) in [5.74, 6) is 1.18. The van der Waals surface area contributed by atoms with Gasteiger partial charge in [0.2, 0.25) is 5.91 Å². The van der Waals surface area contributed by atoms with Gasteiger partial charge in [0, 0.05) is 44.0 Å². The largest absolute Gasteiger partial charge is 0.379 e. The van der Waals surface area contributed by atoms with Crippen LogP contribution in [0.1, 0.15) is 22.2 Å². The number of hydrogen-bond donors (Lipinski definition) is 0. The molecule has 0 unspecified atom stereocenters. The Hall–Kier alpha value is -1.73. The maximum Gasteiger partial charge on any atom is 0.228 e. The van der Waals surface area contributed by atoms with E-state index in [9.17, 15) is 4.79 Å². The molecule has 124 valence electrons. The lowest BCUT2D eigenvalue weighted by molar-refractivity contribution is -0.129. The summed E-state index contributed by atoms with van der Waals surface area (Å²) < 4.78 is 10.9. The van der Waals surface area contributed by atoms with Gasteiger partial charge in [-0.1, -0.05) is 5.16 Å². The third-order valence-electron chi connectivity index (χ3n) is 4.18. The van der Waals surface area contributed by atoms with Crippen LogP contribution in [-0.4, -0.2) is 47.3 Å². The van der Waals surface area contributed by atoms with E-state index in [1.54, 1.807) is 18.4 Å². The van der Waals surface area contributed by atoms with Gasteiger partial charge in [-0.05, 0) is 13.8 Å². The van der Waals surface area contributed by atoms with Crippen LogP contribution in [0.15, 0.2) is 16.0 Å². The summed E-state index contributed by atoms with van der Waals surface area (Å²) in [5, 5.41) is 6.86. The molecule has 1 aliphatic heterocycles. The molecule has 0 bridgehead atoms. The molecule has 0 spiro atoms. The third kappa shape index (κ3) is 3.79. The van der Waals surface area contributed by atoms with Gasteiger partial charge in [-0.3, -0.25) is 4.79 Å². The molecule has 23 heavy (non-hydrogen) atoms. The van der Waals surface area contributed by atoms with E-state index in [2.05, 4.69) is 10.1 Å². The lowest BCUT2D eigenvalue weighted by Crippen LogP contribution is -2.31. The van der Waals surface area contributed by atoms with E-state index in [0.29, 0.717) is 19.5 Å². The minimum Gasteiger partial charge on any atom is -0.379 e. The summed E-state index contributed by atoms with van der Waals surface area (Å²) in [4.78, 5) is 18.7. The Bertz CT molecular complexity index is 682. The molecular formula is C16H21N3O3S. The van der Waals surface area contributed by atoms with Crippen LogP contribution >= 0.6 is 11.3 Å². The molecule has 0 aliphatic carbocycles. The minimum atomic E-state index is 0.0292. The number of hydrogen-bond acceptors (Lipinski definition) is 6. The van der Waals surface area contributed by atoms with E-state index < -0.39 is 0 Å². The second-order valence-corrected chi connectivity index (χ2v) is 7.07. The van der Waals surface area contributed by atoms with Gasteiger partial charge in [-0.2, -0.15) is 0 Å². The van der Waals surface area contributed by atoms with Crippen LogP contribution in [-0.2, 0) is 22.4 Å². The molecule has 0 N–H and O–H groups in total. The van der Waals surface area contributed by atoms with E-state index in [1.807, 2.05) is 30.2 Å². The van der Waals surface area contributed by atoms with Crippen LogP contribution in [0.3, 0.4) is 0 Å². The molecule has 1 amide bonds. The van der Waals surface area contributed by atoms with E-state index in [-0.39, 0.29) is 17.9 Å². The third-order valence-corrected chi connectivity index (χ3v) is 5.00. The van der Waals surface area contributed by atoms with Gasteiger partial charge in [-0.25, -0.2) is 4.98 Å². The Morgan fingerprint density at radius 3 is 2.91 bits per heavy atom. The van der Waals surface area contributed by atoms with E-state index in [1.165, 1.54) is 0 Å². The minimum absolute atomic E-state index is 0.0292. The second-order valence-electron chi connectivity index (χ2n) is 6.01. The van der Waals surface area contributed by atoms with Crippen molar-refractivity contribution >= 4 is 17.2 Å². The summed E-state index contributed by atoms with van der Waals surface area (Å²) in [6.07, 6.45) is 1.12. The van der Waals surface area contributed by atoms with Crippen LogP contribution in [0, 0.1) is 19.8 Å². The number of carbonyl (C=O) groups excluding carboxylic acids is 1. The first-order valence-corrected chi connectivity index (χ1v) is 8.57. The molecule has 6 nitrogen and oxygen atoms in total. The fraction of sp³-hybridized carbons (Fsp3) is 0.562. The van der Waals surface area contributed by atoms with E-state index in [4.69, 9.17) is 9.26 Å². The molecule has 3 heterocycles. The van der Waals surface area contributed by atoms with Crippen LogP contribution < -0.4 is 0 Å². The Balaban J connectivity index is 1.62. The molecule has 0 aromatic carbocycles. The number of amides is 1. The number of aryl methyl sites for hydroxylation is 2. The van der Waals surface area contributed by atoms with Crippen molar-refractivity contribution in [1.29, 1.82) is 0 Å². The maximum atomic E-state index is 12.5. The first-order valence-electron chi connectivity index (χ1n) is 7.69. The second kappa shape index (κ2) is 6.80. The highest BCUT2D eigenvalue weighted by Crippen LogP contribution is 2.24. The normalized spacial score (nSPS) is 21.1. The fourth-order valence-electron chi connectivity index (χ4n) is 3.04.